The molecule has 1 aliphatic heterocycles. The molecule has 4 atom stereocenters. The molecule has 0 aliphatic carbocycles. The number of carbonyl (C=O) groups is 1. The van der Waals surface area contributed by atoms with Crippen molar-refractivity contribution in [3.05, 3.63) is 22.7 Å². The van der Waals surface area contributed by atoms with Crippen molar-refractivity contribution in [3.8, 4) is 0 Å². The standard InChI is InChI=1S/C15H23N3O8/c1-4-25-15(2,3)13(21)24-7-8-10(19)11(20)12(26-8)18-6-5-9(17-23)16-14(18)22/h5-6,8,10-12,19-20,23H,4,7H2,1-3H3,(H,16,17,22)/t8-,10-,11-,12-/m1/s1. The van der Waals surface area contributed by atoms with Gasteiger partial charge in [0.15, 0.2) is 17.6 Å². The van der Waals surface area contributed by atoms with Crippen molar-refractivity contribution in [2.24, 2.45) is 0 Å². The Balaban J connectivity index is 2.06. The molecule has 1 saturated heterocycles. The molecule has 0 saturated carbocycles. The average Bonchev–Trinajstić information content (AvgIpc) is 2.87. The van der Waals surface area contributed by atoms with Crippen LogP contribution in [0.1, 0.15) is 27.0 Å². The number of aliphatic hydroxyl groups is 2. The molecule has 26 heavy (non-hydrogen) atoms. The number of ether oxygens (including phenoxy) is 3. The van der Waals surface area contributed by atoms with E-state index in [1.165, 1.54) is 12.3 Å². The molecule has 2 rings (SSSR count). The lowest BCUT2D eigenvalue weighted by Crippen LogP contribution is -2.40. The van der Waals surface area contributed by atoms with E-state index in [1.54, 1.807) is 26.3 Å². The molecular formula is C15H23N3O8. The van der Waals surface area contributed by atoms with Crippen molar-refractivity contribution in [1.82, 2.24) is 9.55 Å². The molecular weight excluding hydrogens is 350 g/mol. The number of nitrogens with one attached hydrogen (secondary N) is 1. The minimum absolute atomic E-state index is 0.0806. The third kappa shape index (κ3) is 4.19. The summed E-state index contributed by atoms with van der Waals surface area (Å²) < 4.78 is 16.8. The van der Waals surface area contributed by atoms with Crippen LogP contribution in [0.15, 0.2) is 17.1 Å². The van der Waals surface area contributed by atoms with Crippen LogP contribution in [-0.4, -0.2) is 68.1 Å². The van der Waals surface area contributed by atoms with Gasteiger partial charge in [0.05, 0.1) is 0 Å². The summed E-state index contributed by atoms with van der Waals surface area (Å²) in [6.07, 6.45) is -3.85. The smallest absolute Gasteiger partial charge is 0.351 e. The molecule has 146 valence electrons. The third-order valence-corrected chi connectivity index (χ3v) is 3.93. The van der Waals surface area contributed by atoms with Gasteiger partial charge in [-0.3, -0.25) is 15.3 Å². The highest BCUT2D eigenvalue weighted by atomic mass is 16.6. The van der Waals surface area contributed by atoms with E-state index in [1.807, 2.05) is 0 Å². The first-order chi connectivity index (χ1) is 12.2. The van der Waals surface area contributed by atoms with E-state index in [9.17, 15) is 19.8 Å². The number of rotatable bonds is 7. The maximum absolute atomic E-state index is 12.0. The molecule has 11 nitrogen and oxygen atoms in total. The van der Waals surface area contributed by atoms with E-state index >= 15 is 0 Å². The number of hydrogen-bond acceptors (Lipinski definition) is 10. The second-order valence-electron chi connectivity index (χ2n) is 6.20. The van der Waals surface area contributed by atoms with Gasteiger partial charge < -0.3 is 24.4 Å². The topological polar surface area (TPSA) is 152 Å². The number of esters is 1. The maximum atomic E-state index is 12.0. The molecule has 4 N–H and O–H groups in total. The van der Waals surface area contributed by atoms with Crippen LogP contribution in [0.25, 0.3) is 0 Å². The van der Waals surface area contributed by atoms with Crippen LogP contribution in [0.5, 0.6) is 0 Å². The highest BCUT2D eigenvalue weighted by molar-refractivity contribution is 5.78. The summed E-state index contributed by atoms with van der Waals surface area (Å²) in [7, 11) is 0. The number of aromatic nitrogens is 2. The Morgan fingerprint density at radius 1 is 1.42 bits per heavy atom. The van der Waals surface area contributed by atoms with Gasteiger partial charge in [-0.15, -0.1) is 0 Å². The predicted octanol–water partition coefficient (Wildman–Crippen LogP) is -0.978. The first-order valence-electron chi connectivity index (χ1n) is 8.03. The highest BCUT2D eigenvalue weighted by Gasteiger charge is 2.45. The lowest BCUT2D eigenvalue weighted by atomic mass is 10.1. The fourth-order valence-corrected chi connectivity index (χ4v) is 2.52. The van der Waals surface area contributed by atoms with E-state index in [0.717, 1.165) is 4.57 Å². The summed E-state index contributed by atoms with van der Waals surface area (Å²) in [5.41, 5.74) is -0.247. The number of anilines is 1. The Bertz CT molecular complexity index is 692. The van der Waals surface area contributed by atoms with Crippen molar-refractivity contribution in [2.45, 2.75) is 50.9 Å². The summed E-state index contributed by atoms with van der Waals surface area (Å²) >= 11 is 0. The quantitative estimate of drug-likeness (QED) is 0.346. The molecule has 1 aromatic heterocycles. The monoisotopic (exact) mass is 373 g/mol. The molecule has 0 spiro atoms. The highest BCUT2D eigenvalue weighted by Crippen LogP contribution is 2.29. The lowest BCUT2D eigenvalue weighted by molar-refractivity contribution is -0.173. The minimum atomic E-state index is -1.44. The molecule has 0 aromatic carbocycles. The Morgan fingerprint density at radius 2 is 2.12 bits per heavy atom. The number of nitrogens with zero attached hydrogens (tertiary/aromatic N) is 2. The molecule has 11 heteroatoms. The molecule has 1 aromatic rings. The zero-order valence-electron chi connectivity index (χ0n) is 14.7. The normalized spacial score (nSPS) is 25.9. The van der Waals surface area contributed by atoms with Crippen LogP contribution >= 0.6 is 0 Å². The van der Waals surface area contributed by atoms with Gasteiger partial charge >= 0.3 is 11.7 Å². The second-order valence-corrected chi connectivity index (χ2v) is 6.20. The zero-order valence-corrected chi connectivity index (χ0v) is 14.7. The Kier molecular flexibility index (Phi) is 6.31. The summed E-state index contributed by atoms with van der Waals surface area (Å²) in [4.78, 5) is 27.5. The number of carbonyl (C=O) groups excluding carboxylic acids is 1. The molecule has 0 amide bonds. The van der Waals surface area contributed by atoms with Gasteiger partial charge in [0.1, 0.15) is 24.9 Å². The largest absolute Gasteiger partial charge is 0.461 e. The summed E-state index contributed by atoms with van der Waals surface area (Å²) in [5.74, 6) is -0.729. The summed E-state index contributed by atoms with van der Waals surface area (Å²) in [6.45, 7) is 4.82. The van der Waals surface area contributed by atoms with Crippen molar-refractivity contribution in [1.29, 1.82) is 0 Å². The van der Waals surface area contributed by atoms with E-state index in [-0.39, 0.29) is 12.4 Å². The Labute approximate surface area is 149 Å². The van der Waals surface area contributed by atoms with Gasteiger partial charge in [0.25, 0.3) is 0 Å². The van der Waals surface area contributed by atoms with Crippen LogP contribution < -0.4 is 11.2 Å². The van der Waals surface area contributed by atoms with Gasteiger partial charge in [0.2, 0.25) is 0 Å². The van der Waals surface area contributed by atoms with Crippen LogP contribution in [-0.2, 0) is 19.0 Å². The molecule has 0 bridgehead atoms. The Morgan fingerprint density at radius 3 is 2.69 bits per heavy atom. The lowest BCUT2D eigenvalue weighted by Gasteiger charge is -2.23. The van der Waals surface area contributed by atoms with Crippen molar-refractivity contribution in [3.63, 3.8) is 0 Å². The fourth-order valence-electron chi connectivity index (χ4n) is 2.52. The second kappa shape index (κ2) is 8.10. The van der Waals surface area contributed by atoms with Gasteiger partial charge in [-0.05, 0) is 26.8 Å². The molecule has 0 radical (unpaired) electrons. The minimum Gasteiger partial charge on any atom is -0.461 e. The van der Waals surface area contributed by atoms with Crippen LogP contribution in [0.2, 0.25) is 0 Å². The number of hydrogen-bond donors (Lipinski definition) is 4. The molecule has 0 unspecified atom stereocenters. The van der Waals surface area contributed by atoms with Crippen LogP contribution in [0, 0.1) is 0 Å². The molecule has 1 aliphatic rings. The van der Waals surface area contributed by atoms with Crippen LogP contribution in [0.4, 0.5) is 5.82 Å². The van der Waals surface area contributed by atoms with Crippen molar-refractivity contribution < 1.29 is 34.4 Å². The van der Waals surface area contributed by atoms with E-state index < -0.39 is 41.8 Å². The zero-order chi connectivity index (χ0) is 19.5. The number of aliphatic hydroxyl groups excluding tert-OH is 2. The first-order valence-corrected chi connectivity index (χ1v) is 8.03. The van der Waals surface area contributed by atoms with Crippen LogP contribution in [0.3, 0.4) is 0 Å². The van der Waals surface area contributed by atoms with Crippen molar-refractivity contribution >= 4 is 11.8 Å². The average molecular weight is 373 g/mol. The molecule has 2 heterocycles. The van der Waals surface area contributed by atoms with Crippen molar-refractivity contribution in [2.75, 3.05) is 18.7 Å². The predicted molar refractivity (Wildman–Crippen MR) is 86.5 cm³/mol. The van der Waals surface area contributed by atoms with E-state index in [2.05, 4.69) is 4.98 Å². The van der Waals surface area contributed by atoms with E-state index in [0.29, 0.717) is 6.61 Å². The maximum Gasteiger partial charge on any atom is 0.351 e. The fraction of sp³-hybridized carbons (Fsp3) is 0.667. The Hall–Kier alpha value is -2.05. The summed E-state index contributed by atoms with van der Waals surface area (Å²) in [6, 6.07) is 1.28. The SMILES string of the molecule is CCOC(C)(C)C(=O)OC[C@H]1O[C@@H](n2ccc(NO)nc2=O)[C@H](O)[C@@H]1O. The summed E-state index contributed by atoms with van der Waals surface area (Å²) in [5, 5.41) is 29.0. The first kappa shape index (κ1) is 20.3. The van der Waals surface area contributed by atoms with Gasteiger partial charge in [0, 0.05) is 12.8 Å². The third-order valence-electron chi connectivity index (χ3n) is 3.93. The van der Waals surface area contributed by atoms with Gasteiger partial charge in [-0.1, -0.05) is 0 Å². The van der Waals surface area contributed by atoms with Gasteiger partial charge in [-0.25, -0.2) is 9.59 Å². The van der Waals surface area contributed by atoms with E-state index in [4.69, 9.17) is 19.4 Å². The molecule has 1 fully saturated rings. The van der Waals surface area contributed by atoms with Gasteiger partial charge in [-0.2, -0.15) is 4.98 Å².